The highest BCUT2D eigenvalue weighted by Crippen LogP contribution is 2.48. The van der Waals surface area contributed by atoms with Gasteiger partial charge in [-0.15, -0.1) is 0 Å². The van der Waals surface area contributed by atoms with Crippen LogP contribution < -0.4 is 0 Å². The molecule has 1 fully saturated rings. The molecule has 1 atom stereocenters. The molecule has 3 nitrogen and oxygen atoms in total. The Kier molecular flexibility index (Phi) is 2.96. The smallest absolute Gasteiger partial charge is 0.310 e. The molecule has 0 heterocycles. The molecule has 0 bridgehead atoms. The maximum Gasteiger partial charge on any atom is 0.310 e. The molecular weight excluding hydrogens is 168 g/mol. The Hall–Kier alpha value is -0.570. The van der Waals surface area contributed by atoms with E-state index >= 15 is 0 Å². The van der Waals surface area contributed by atoms with Crippen molar-refractivity contribution < 1.29 is 15.0 Å². The summed E-state index contributed by atoms with van der Waals surface area (Å²) in [4.78, 5) is 11.1. The SMILES string of the molecule is CCCC(C)C1(C(=O)O)CC(O)C1. The standard InChI is InChI=1S/C10H18O3/c1-3-4-7(2)10(9(12)13)5-8(11)6-10/h7-8,11H,3-6H2,1-2H3,(H,12,13). The second kappa shape index (κ2) is 3.66. The fraction of sp³-hybridized carbons (Fsp3) is 0.900. The number of aliphatic carboxylic acids is 1. The molecule has 1 rings (SSSR count). The minimum Gasteiger partial charge on any atom is -0.481 e. The van der Waals surface area contributed by atoms with Gasteiger partial charge in [0.05, 0.1) is 11.5 Å². The Morgan fingerprint density at radius 3 is 2.46 bits per heavy atom. The van der Waals surface area contributed by atoms with Gasteiger partial charge in [0.1, 0.15) is 0 Å². The summed E-state index contributed by atoms with van der Waals surface area (Å²) in [6.45, 7) is 4.03. The lowest BCUT2D eigenvalue weighted by atomic mass is 9.59. The number of hydrogen-bond donors (Lipinski definition) is 2. The Morgan fingerprint density at radius 1 is 1.62 bits per heavy atom. The first-order chi connectivity index (χ1) is 6.03. The van der Waals surface area contributed by atoms with Crippen molar-refractivity contribution in [3.05, 3.63) is 0 Å². The van der Waals surface area contributed by atoms with Gasteiger partial charge in [-0.05, 0) is 25.2 Å². The lowest BCUT2D eigenvalue weighted by Crippen LogP contribution is -2.51. The summed E-state index contributed by atoms with van der Waals surface area (Å²) < 4.78 is 0. The molecule has 0 saturated heterocycles. The third-order valence-corrected chi connectivity index (χ3v) is 3.29. The van der Waals surface area contributed by atoms with Gasteiger partial charge >= 0.3 is 5.97 Å². The predicted octanol–water partition coefficient (Wildman–Crippen LogP) is 1.65. The largest absolute Gasteiger partial charge is 0.481 e. The van der Waals surface area contributed by atoms with Crippen LogP contribution in [0, 0.1) is 11.3 Å². The number of carbonyl (C=O) groups is 1. The molecule has 0 radical (unpaired) electrons. The number of aliphatic hydroxyl groups is 1. The zero-order valence-corrected chi connectivity index (χ0v) is 8.29. The lowest BCUT2D eigenvalue weighted by Gasteiger charge is -2.46. The summed E-state index contributed by atoms with van der Waals surface area (Å²) in [5.41, 5.74) is -0.630. The molecule has 0 spiro atoms. The van der Waals surface area contributed by atoms with Gasteiger partial charge in [0.15, 0.2) is 0 Å². The molecule has 0 aliphatic heterocycles. The molecular formula is C10H18O3. The van der Waals surface area contributed by atoms with Crippen LogP contribution in [0.1, 0.15) is 39.5 Å². The Labute approximate surface area is 78.8 Å². The highest BCUT2D eigenvalue weighted by Gasteiger charge is 2.52. The van der Waals surface area contributed by atoms with Gasteiger partial charge in [-0.25, -0.2) is 0 Å². The maximum absolute atomic E-state index is 11.1. The highest BCUT2D eigenvalue weighted by molar-refractivity contribution is 5.76. The summed E-state index contributed by atoms with van der Waals surface area (Å²) in [6, 6.07) is 0. The Balaban J connectivity index is 2.64. The molecule has 1 saturated carbocycles. The zero-order chi connectivity index (χ0) is 10.1. The van der Waals surface area contributed by atoms with Crippen LogP contribution in [0.4, 0.5) is 0 Å². The first kappa shape index (κ1) is 10.5. The van der Waals surface area contributed by atoms with Gasteiger partial charge in [0, 0.05) is 0 Å². The normalized spacial score (nSPS) is 35.2. The Bertz CT molecular complexity index is 194. The summed E-state index contributed by atoms with van der Waals surface area (Å²) in [5.74, 6) is -0.558. The van der Waals surface area contributed by atoms with Gasteiger partial charge in [-0.1, -0.05) is 20.3 Å². The average Bonchev–Trinajstić information content (AvgIpc) is 1.98. The summed E-state index contributed by atoms with van der Waals surface area (Å²) in [7, 11) is 0. The van der Waals surface area contributed by atoms with E-state index in [-0.39, 0.29) is 5.92 Å². The first-order valence-electron chi connectivity index (χ1n) is 4.94. The van der Waals surface area contributed by atoms with E-state index in [1.807, 2.05) is 6.92 Å². The quantitative estimate of drug-likeness (QED) is 0.701. The van der Waals surface area contributed by atoms with E-state index in [4.69, 9.17) is 5.11 Å². The molecule has 0 amide bonds. The first-order valence-corrected chi connectivity index (χ1v) is 4.94. The van der Waals surface area contributed by atoms with Gasteiger partial charge < -0.3 is 10.2 Å². The van der Waals surface area contributed by atoms with Crippen LogP contribution in [-0.4, -0.2) is 22.3 Å². The van der Waals surface area contributed by atoms with Crippen molar-refractivity contribution in [3.63, 3.8) is 0 Å². The minimum atomic E-state index is -0.737. The third-order valence-electron chi connectivity index (χ3n) is 3.29. The van der Waals surface area contributed by atoms with Crippen LogP contribution in [-0.2, 0) is 4.79 Å². The average molecular weight is 186 g/mol. The van der Waals surface area contributed by atoms with Gasteiger partial charge in [-0.3, -0.25) is 4.79 Å². The van der Waals surface area contributed by atoms with Crippen LogP contribution in [0.25, 0.3) is 0 Å². The summed E-state index contributed by atoms with van der Waals surface area (Å²) >= 11 is 0. The molecule has 13 heavy (non-hydrogen) atoms. The molecule has 0 aromatic carbocycles. The monoisotopic (exact) mass is 186 g/mol. The second-order valence-electron chi connectivity index (χ2n) is 4.21. The van der Waals surface area contributed by atoms with Gasteiger partial charge in [0.2, 0.25) is 0 Å². The number of aliphatic hydroxyl groups excluding tert-OH is 1. The summed E-state index contributed by atoms with van der Waals surface area (Å²) in [5, 5.41) is 18.3. The number of rotatable bonds is 4. The van der Waals surface area contributed by atoms with Crippen molar-refractivity contribution in [3.8, 4) is 0 Å². The van der Waals surface area contributed by atoms with Crippen LogP contribution >= 0.6 is 0 Å². The highest BCUT2D eigenvalue weighted by atomic mass is 16.4. The van der Waals surface area contributed by atoms with Crippen LogP contribution in [0.2, 0.25) is 0 Å². The fourth-order valence-electron chi connectivity index (χ4n) is 2.28. The minimum absolute atomic E-state index is 0.179. The van der Waals surface area contributed by atoms with Crippen molar-refractivity contribution in [2.75, 3.05) is 0 Å². The van der Waals surface area contributed by atoms with E-state index in [1.165, 1.54) is 0 Å². The van der Waals surface area contributed by atoms with Gasteiger partial charge in [0.25, 0.3) is 0 Å². The lowest BCUT2D eigenvalue weighted by molar-refractivity contribution is -0.170. The molecule has 2 N–H and O–H groups in total. The van der Waals surface area contributed by atoms with E-state index < -0.39 is 17.5 Å². The van der Waals surface area contributed by atoms with Gasteiger partial charge in [-0.2, -0.15) is 0 Å². The van der Waals surface area contributed by atoms with E-state index in [1.54, 1.807) is 0 Å². The topological polar surface area (TPSA) is 57.5 Å². The predicted molar refractivity (Wildman–Crippen MR) is 49.4 cm³/mol. The van der Waals surface area contributed by atoms with E-state index in [0.717, 1.165) is 12.8 Å². The van der Waals surface area contributed by atoms with Crippen LogP contribution in [0.5, 0.6) is 0 Å². The zero-order valence-electron chi connectivity index (χ0n) is 8.29. The molecule has 0 aromatic rings. The molecule has 3 heteroatoms. The number of hydrogen-bond acceptors (Lipinski definition) is 2. The molecule has 76 valence electrons. The van der Waals surface area contributed by atoms with Crippen molar-refractivity contribution in [2.24, 2.45) is 11.3 Å². The maximum atomic E-state index is 11.1. The number of carboxylic acid groups (broad SMARTS) is 1. The number of carboxylic acids is 1. The summed E-state index contributed by atoms with van der Waals surface area (Å²) in [6.07, 6.45) is 2.41. The molecule has 1 unspecified atom stereocenters. The molecule has 0 aromatic heterocycles. The van der Waals surface area contributed by atoms with Crippen LogP contribution in [0.15, 0.2) is 0 Å². The van der Waals surface area contributed by atoms with E-state index in [0.29, 0.717) is 12.8 Å². The third kappa shape index (κ3) is 1.70. The second-order valence-corrected chi connectivity index (χ2v) is 4.21. The van der Waals surface area contributed by atoms with Crippen LogP contribution in [0.3, 0.4) is 0 Å². The molecule has 1 aliphatic carbocycles. The van der Waals surface area contributed by atoms with Crippen molar-refractivity contribution in [1.82, 2.24) is 0 Å². The molecule has 1 aliphatic rings. The Morgan fingerprint density at radius 2 is 2.15 bits per heavy atom. The van der Waals surface area contributed by atoms with Crippen molar-refractivity contribution in [2.45, 2.75) is 45.6 Å². The van der Waals surface area contributed by atoms with Crippen molar-refractivity contribution >= 4 is 5.97 Å². The van der Waals surface area contributed by atoms with E-state index in [9.17, 15) is 9.90 Å². The van der Waals surface area contributed by atoms with E-state index in [2.05, 4.69) is 6.92 Å². The van der Waals surface area contributed by atoms with Crippen molar-refractivity contribution in [1.29, 1.82) is 0 Å². The fourth-order valence-corrected chi connectivity index (χ4v) is 2.28.